The number of hydrogen-bond donors (Lipinski definition) is 3. The SMILES string of the molecule is CC(O)(CO)CO. The lowest BCUT2D eigenvalue weighted by Gasteiger charge is -2.14. The molecule has 3 N–H and O–H groups in total. The van der Waals surface area contributed by atoms with Gasteiger partial charge >= 0.3 is 0 Å². The largest absolute Gasteiger partial charge is 0.393 e. The van der Waals surface area contributed by atoms with E-state index >= 15 is 0 Å². The Kier molecular flexibility index (Phi) is 2.22. The lowest BCUT2D eigenvalue weighted by Crippen LogP contribution is -2.33. The van der Waals surface area contributed by atoms with Gasteiger partial charge in [0.1, 0.15) is 5.60 Å². The lowest BCUT2D eigenvalue weighted by atomic mass is 10.1. The minimum atomic E-state index is -1.31. The second-order valence-corrected chi connectivity index (χ2v) is 1.81. The summed E-state index contributed by atoms with van der Waals surface area (Å²) in [5.74, 6) is 0. The van der Waals surface area contributed by atoms with E-state index in [0.29, 0.717) is 0 Å². The number of aliphatic hydroxyl groups excluding tert-OH is 2. The first kappa shape index (κ1) is 6.88. The third-order valence-corrected chi connectivity index (χ3v) is 0.681. The minimum absolute atomic E-state index is 0.399. The van der Waals surface area contributed by atoms with Crippen molar-refractivity contribution in [1.82, 2.24) is 0 Å². The Morgan fingerprint density at radius 1 is 1.29 bits per heavy atom. The van der Waals surface area contributed by atoms with Crippen LogP contribution in [-0.4, -0.2) is 34.1 Å². The molecule has 0 saturated carbocycles. The molecule has 0 aliphatic heterocycles. The van der Waals surface area contributed by atoms with Crippen molar-refractivity contribution < 1.29 is 15.3 Å². The van der Waals surface area contributed by atoms with Gasteiger partial charge in [0.2, 0.25) is 0 Å². The van der Waals surface area contributed by atoms with Crippen LogP contribution in [0.3, 0.4) is 0 Å². The Morgan fingerprint density at radius 3 is 1.57 bits per heavy atom. The molecule has 0 aromatic heterocycles. The average molecular weight is 106 g/mol. The zero-order valence-corrected chi connectivity index (χ0v) is 4.26. The monoisotopic (exact) mass is 106 g/mol. The molecule has 0 spiro atoms. The van der Waals surface area contributed by atoms with Crippen molar-refractivity contribution in [3.05, 3.63) is 0 Å². The van der Waals surface area contributed by atoms with E-state index in [1.807, 2.05) is 0 Å². The first-order valence-corrected chi connectivity index (χ1v) is 2.06. The summed E-state index contributed by atoms with van der Waals surface area (Å²) in [6.45, 7) is 0.556. The second-order valence-electron chi connectivity index (χ2n) is 1.81. The van der Waals surface area contributed by atoms with Gasteiger partial charge in [-0.05, 0) is 6.92 Å². The third-order valence-electron chi connectivity index (χ3n) is 0.681. The molecule has 0 fully saturated rings. The average Bonchev–Trinajstić information content (AvgIpc) is 1.68. The molecular formula is C4H10O3. The molecule has 7 heavy (non-hydrogen) atoms. The molecule has 0 radical (unpaired) electrons. The Bertz CT molecular complexity index is 44.9. The van der Waals surface area contributed by atoms with Gasteiger partial charge in [0, 0.05) is 0 Å². The zero-order valence-electron chi connectivity index (χ0n) is 4.26. The molecule has 0 atom stereocenters. The molecule has 0 heterocycles. The van der Waals surface area contributed by atoms with Gasteiger partial charge in [-0.25, -0.2) is 0 Å². The van der Waals surface area contributed by atoms with E-state index in [1.165, 1.54) is 6.92 Å². The quantitative estimate of drug-likeness (QED) is 0.411. The Labute approximate surface area is 42.2 Å². The summed E-state index contributed by atoms with van der Waals surface area (Å²) in [5.41, 5.74) is -1.31. The van der Waals surface area contributed by atoms with E-state index < -0.39 is 18.8 Å². The molecule has 0 saturated heterocycles. The predicted octanol–water partition coefficient (Wildman–Crippen LogP) is -1.28. The first-order chi connectivity index (χ1) is 3.12. The van der Waals surface area contributed by atoms with E-state index in [0.717, 1.165) is 0 Å². The van der Waals surface area contributed by atoms with Crippen molar-refractivity contribution in [3.63, 3.8) is 0 Å². The van der Waals surface area contributed by atoms with E-state index in [-0.39, 0.29) is 0 Å². The van der Waals surface area contributed by atoms with Crippen LogP contribution < -0.4 is 0 Å². The van der Waals surface area contributed by atoms with Crippen molar-refractivity contribution in [2.75, 3.05) is 13.2 Å². The highest BCUT2D eigenvalue weighted by molar-refractivity contribution is 4.67. The van der Waals surface area contributed by atoms with Crippen molar-refractivity contribution in [2.24, 2.45) is 0 Å². The highest BCUT2D eigenvalue weighted by Crippen LogP contribution is 1.96. The summed E-state index contributed by atoms with van der Waals surface area (Å²) in [6, 6.07) is 0. The van der Waals surface area contributed by atoms with Crippen LogP contribution in [0.4, 0.5) is 0 Å². The van der Waals surface area contributed by atoms with Gasteiger partial charge in [0.15, 0.2) is 0 Å². The first-order valence-electron chi connectivity index (χ1n) is 2.06. The molecule has 44 valence electrons. The molecular weight excluding hydrogens is 96.0 g/mol. The van der Waals surface area contributed by atoms with Crippen LogP contribution in [-0.2, 0) is 0 Å². The van der Waals surface area contributed by atoms with Crippen LogP contribution in [0.1, 0.15) is 6.92 Å². The lowest BCUT2D eigenvalue weighted by molar-refractivity contribution is -0.0399. The van der Waals surface area contributed by atoms with E-state index in [9.17, 15) is 0 Å². The molecule has 0 aliphatic rings. The molecule has 3 heteroatoms. The van der Waals surface area contributed by atoms with E-state index in [1.54, 1.807) is 0 Å². The number of rotatable bonds is 2. The van der Waals surface area contributed by atoms with Crippen LogP contribution in [0.2, 0.25) is 0 Å². The predicted molar refractivity (Wildman–Crippen MR) is 24.8 cm³/mol. The van der Waals surface area contributed by atoms with Gasteiger partial charge in [-0.3, -0.25) is 0 Å². The summed E-state index contributed by atoms with van der Waals surface area (Å²) in [6.07, 6.45) is 0. The molecule has 0 unspecified atom stereocenters. The fourth-order valence-electron chi connectivity index (χ4n) is 0.0500. The van der Waals surface area contributed by atoms with Crippen molar-refractivity contribution >= 4 is 0 Å². The Balaban J connectivity index is 3.36. The summed E-state index contributed by atoms with van der Waals surface area (Å²) in [7, 11) is 0. The molecule has 0 amide bonds. The van der Waals surface area contributed by atoms with E-state index in [4.69, 9.17) is 15.3 Å². The maximum Gasteiger partial charge on any atom is 0.108 e. The third kappa shape index (κ3) is 2.56. The fraction of sp³-hybridized carbons (Fsp3) is 1.00. The highest BCUT2D eigenvalue weighted by Gasteiger charge is 2.15. The van der Waals surface area contributed by atoms with E-state index in [2.05, 4.69) is 0 Å². The van der Waals surface area contributed by atoms with Crippen molar-refractivity contribution in [2.45, 2.75) is 12.5 Å². The summed E-state index contributed by atoms with van der Waals surface area (Å²) in [4.78, 5) is 0. The molecule has 0 bridgehead atoms. The van der Waals surface area contributed by atoms with Crippen molar-refractivity contribution in [3.8, 4) is 0 Å². The van der Waals surface area contributed by atoms with Gasteiger partial charge in [-0.1, -0.05) is 0 Å². The van der Waals surface area contributed by atoms with Crippen molar-refractivity contribution in [1.29, 1.82) is 0 Å². The smallest absolute Gasteiger partial charge is 0.108 e. The summed E-state index contributed by atoms with van der Waals surface area (Å²) < 4.78 is 0. The summed E-state index contributed by atoms with van der Waals surface area (Å²) >= 11 is 0. The zero-order chi connectivity index (χ0) is 5.91. The fourth-order valence-corrected chi connectivity index (χ4v) is 0.0500. The minimum Gasteiger partial charge on any atom is -0.393 e. The molecule has 3 nitrogen and oxygen atoms in total. The van der Waals surface area contributed by atoms with Gasteiger partial charge in [0.05, 0.1) is 13.2 Å². The standard InChI is InChI=1S/C4H10O3/c1-4(7,2-5)3-6/h5-7H,2-3H2,1H3. The second kappa shape index (κ2) is 2.26. The topological polar surface area (TPSA) is 60.7 Å². The van der Waals surface area contributed by atoms with Crippen LogP contribution in [0.25, 0.3) is 0 Å². The van der Waals surface area contributed by atoms with Crippen LogP contribution >= 0.6 is 0 Å². The normalized spacial score (nSPS) is 12.0. The summed E-state index contributed by atoms with van der Waals surface area (Å²) in [5, 5.41) is 25.0. The maximum absolute atomic E-state index is 8.63. The Hall–Kier alpha value is -0.120. The maximum atomic E-state index is 8.63. The molecule has 0 aromatic carbocycles. The van der Waals surface area contributed by atoms with Crippen LogP contribution in [0.5, 0.6) is 0 Å². The van der Waals surface area contributed by atoms with Gasteiger partial charge in [-0.15, -0.1) is 0 Å². The number of aliphatic hydroxyl groups is 3. The molecule has 0 aliphatic carbocycles. The molecule has 0 rings (SSSR count). The van der Waals surface area contributed by atoms with Gasteiger partial charge in [0.25, 0.3) is 0 Å². The molecule has 0 aromatic rings. The van der Waals surface area contributed by atoms with Gasteiger partial charge in [-0.2, -0.15) is 0 Å². The number of hydrogen-bond acceptors (Lipinski definition) is 3. The Morgan fingerprint density at radius 2 is 1.57 bits per heavy atom. The van der Waals surface area contributed by atoms with Gasteiger partial charge < -0.3 is 15.3 Å². The van der Waals surface area contributed by atoms with Crippen LogP contribution in [0.15, 0.2) is 0 Å². The highest BCUT2D eigenvalue weighted by atomic mass is 16.4. The van der Waals surface area contributed by atoms with Crippen LogP contribution in [0, 0.1) is 0 Å².